The van der Waals surface area contributed by atoms with Gasteiger partial charge in [-0.05, 0) is 30.7 Å². The first-order valence-corrected chi connectivity index (χ1v) is 7.36. The third kappa shape index (κ3) is 2.45. The molecule has 112 valence electrons. The lowest BCUT2D eigenvalue weighted by Crippen LogP contribution is -2.51. The smallest absolute Gasteiger partial charge is 0.259 e. The predicted molar refractivity (Wildman–Crippen MR) is 84.8 cm³/mol. The van der Waals surface area contributed by atoms with Gasteiger partial charge in [0.1, 0.15) is 6.04 Å². The van der Waals surface area contributed by atoms with Crippen molar-refractivity contribution in [3.05, 3.63) is 54.4 Å². The molecule has 1 aliphatic heterocycles. The maximum atomic E-state index is 12.9. The number of hydrogen-bond donors (Lipinski definition) is 1. The van der Waals surface area contributed by atoms with Gasteiger partial charge in [-0.3, -0.25) is 19.5 Å². The first-order valence-electron chi connectivity index (χ1n) is 7.36. The van der Waals surface area contributed by atoms with E-state index in [0.717, 1.165) is 12.1 Å². The van der Waals surface area contributed by atoms with Crippen LogP contribution in [0.15, 0.2) is 48.8 Å². The van der Waals surface area contributed by atoms with Gasteiger partial charge in [-0.25, -0.2) is 0 Å². The molecule has 0 aliphatic carbocycles. The van der Waals surface area contributed by atoms with Crippen molar-refractivity contribution in [3.63, 3.8) is 0 Å². The molecule has 1 unspecified atom stereocenters. The molecule has 0 spiro atoms. The number of aromatic nitrogens is 1. The van der Waals surface area contributed by atoms with E-state index in [4.69, 9.17) is 0 Å². The number of fused-ring (bicyclic) bond motifs is 1. The average molecular weight is 295 g/mol. The van der Waals surface area contributed by atoms with Crippen molar-refractivity contribution in [2.45, 2.75) is 25.8 Å². The van der Waals surface area contributed by atoms with Gasteiger partial charge in [-0.1, -0.05) is 25.5 Å². The maximum absolute atomic E-state index is 12.9. The molecule has 1 aliphatic rings. The summed E-state index contributed by atoms with van der Waals surface area (Å²) in [7, 11) is 0. The molecule has 0 saturated heterocycles. The van der Waals surface area contributed by atoms with Crippen LogP contribution in [0.25, 0.3) is 0 Å². The van der Waals surface area contributed by atoms with E-state index in [1.807, 2.05) is 31.2 Å². The van der Waals surface area contributed by atoms with E-state index in [9.17, 15) is 9.59 Å². The van der Waals surface area contributed by atoms with E-state index in [1.54, 1.807) is 29.4 Å². The summed E-state index contributed by atoms with van der Waals surface area (Å²) in [6, 6.07) is 10.2. The van der Waals surface area contributed by atoms with Crippen LogP contribution in [-0.4, -0.2) is 22.8 Å². The maximum Gasteiger partial charge on any atom is 0.259 e. The minimum absolute atomic E-state index is 0.136. The second kappa shape index (κ2) is 5.97. The molecule has 1 N–H and O–H groups in total. The second-order valence-corrected chi connectivity index (χ2v) is 5.22. The summed E-state index contributed by atoms with van der Waals surface area (Å²) in [6.45, 7) is 2.00. The molecule has 2 heterocycles. The molecule has 0 radical (unpaired) electrons. The molecule has 3 rings (SSSR count). The molecular formula is C17H17N3O2. The molecule has 22 heavy (non-hydrogen) atoms. The van der Waals surface area contributed by atoms with Crippen molar-refractivity contribution in [1.82, 2.24) is 4.98 Å². The highest BCUT2D eigenvalue weighted by Crippen LogP contribution is 2.34. The van der Waals surface area contributed by atoms with Gasteiger partial charge < -0.3 is 5.32 Å². The van der Waals surface area contributed by atoms with Crippen molar-refractivity contribution in [3.8, 4) is 0 Å². The summed E-state index contributed by atoms with van der Waals surface area (Å²) in [5.74, 6) is -0.314. The quantitative estimate of drug-likeness (QED) is 0.947. The largest absolute Gasteiger partial charge is 0.322 e. The van der Waals surface area contributed by atoms with Gasteiger partial charge in [0, 0.05) is 18.0 Å². The van der Waals surface area contributed by atoms with Crippen molar-refractivity contribution >= 4 is 23.2 Å². The number of hydrogen-bond acceptors (Lipinski definition) is 3. The number of nitrogens with one attached hydrogen (secondary N) is 1. The normalized spacial score (nSPS) is 16.9. The summed E-state index contributed by atoms with van der Waals surface area (Å²) in [4.78, 5) is 30.8. The highest BCUT2D eigenvalue weighted by atomic mass is 16.2. The standard InChI is InChI=1S/C17H17N3O2/c1-2-5-15-16(21)19-13-6-3-4-7-14(13)20(15)17(22)12-8-10-18-11-9-12/h3-4,6-11,15H,2,5H2,1H3,(H,19,21). The zero-order valence-electron chi connectivity index (χ0n) is 12.3. The molecule has 5 heteroatoms. The Morgan fingerprint density at radius 1 is 1.23 bits per heavy atom. The predicted octanol–water partition coefficient (Wildman–Crippen LogP) is 2.85. The lowest BCUT2D eigenvalue weighted by Gasteiger charge is -2.36. The van der Waals surface area contributed by atoms with Gasteiger partial charge in [0.05, 0.1) is 11.4 Å². The third-order valence-electron chi connectivity index (χ3n) is 3.74. The van der Waals surface area contributed by atoms with Crippen molar-refractivity contribution in [2.24, 2.45) is 0 Å². The lowest BCUT2D eigenvalue weighted by atomic mass is 10.0. The van der Waals surface area contributed by atoms with Crippen molar-refractivity contribution in [1.29, 1.82) is 0 Å². The van der Waals surface area contributed by atoms with Gasteiger partial charge in [0.15, 0.2) is 0 Å². The van der Waals surface area contributed by atoms with Crippen LogP contribution < -0.4 is 10.2 Å². The Morgan fingerprint density at radius 3 is 2.68 bits per heavy atom. The molecule has 1 aromatic carbocycles. The van der Waals surface area contributed by atoms with Crippen LogP contribution in [0.3, 0.4) is 0 Å². The summed E-state index contributed by atoms with van der Waals surface area (Å²) in [6.07, 6.45) is 4.60. The number of carbonyl (C=O) groups excluding carboxylic acids is 2. The van der Waals surface area contributed by atoms with Crippen LogP contribution >= 0.6 is 0 Å². The fraction of sp³-hybridized carbons (Fsp3) is 0.235. The molecule has 0 saturated carbocycles. The van der Waals surface area contributed by atoms with Crippen LogP contribution in [0.2, 0.25) is 0 Å². The lowest BCUT2D eigenvalue weighted by molar-refractivity contribution is -0.117. The summed E-state index contributed by atoms with van der Waals surface area (Å²) in [5, 5.41) is 2.89. The van der Waals surface area contributed by atoms with E-state index in [1.165, 1.54) is 0 Å². The number of amides is 2. The van der Waals surface area contributed by atoms with Crippen molar-refractivity contribution in [2.75, 3.05) is 10.2 Å². The fourth-order valence-corrected chi connectivity index (χ4v) is 2.71. The van der Waals surface area contributed by atoms with Crippen LogP contribution in [0, 0.1) is 0 Å². The van der Waals surface area contributed by atoms with E-state index >= 15 is 0 Å². The van der Waals surface area contributed by atoms with Gasteiger partial charge in [-0.15, -0.1) is 0 Å². The van der Waals surface area contributed by atoms with Crippen LogP contribution in [0.5, 0.6) is 0 Å². The van der Waals surface area contributed by atoms with E-state index in [-0.39, 0.29) is 11.8 Å². The number of nitrogens with zero attached hydrogens (tertiary/aromatic N) is 2. The summed E-state index contributed by atoms with van der Waals surface area (Å²) in [5.41, 5.74) is 1.94. The zero-order valence-corrected chi connectivity index (χ0v) is 12.3. The first kappa shape index (κ1) is 14.3. The Hall–Kier alpha value is -2.69. The van der Waals surface area contributed by atoms with Crippen molar-refractivity contribution < 1.29 is 9.59 Å². The first-order chi connectivity index (χ1) is 10.7. The van der Waals surface area contributed by atoms with Crippen LogP contribution in [0.1, 0.15) is 30.1 Å². The number of benzene rings is 1. The number of carbonyl (C=O) groups is 2. The monoisotopic (exact) mass is 295 g/mol. The van der Waals surface area contributed by atoms with Gasteiger partial charge >= 0.3 is 0 Å². The highest BCUT2D eigenvalue weighted by Gasteiger charge is 2.36. The van der Waals surface area contributed by atoms with Gasteiger partial charge in [0.25, 0.3) is 5.91 Å². The topological polar surface area (TPSA) is 62.3 Å². The Labute approximate surface area is 129 Å². The number of anilines is 2. The van der Waals surface area contributed by atoms with Crippen LogP contribution in [0.4, 0.5) is 11.4 Å². The minimum Gasteiger partial charge on any atom is -0.322 e. The Bertz CT molecular complexity index is 700. The molecule has 5 nitrogen and oxygen atoms in total. The number of para-hydroxylation sites is 2. The van der Waals surface area contributed by atoms with E-state index < -0.39 is 6.04 Å². The average Bonchev–Trinajstić information content (AvgIpc) is 2.56. The molecule has 0 fully saturated rings. The van der Waals surface area contributed by atoms with E-state index in [2.05, 4.69) is 10.3 Å². The van der Waals surface area contributed by atoms with E-state index in [0.29, 0.717) is 17.7 Å². The zero-order chi connectivity index (χ0) is 15.5. The number of rotatable bonds is 3. The minimum atomic E-state index is -0.486. The summed E-state index contributed by atoms with van der Waals surface area (Å²) < 4.78 is 0. The van der Waals surface area contributed by atoms with Gasteiger partial charge in [0.2, 0.25) is 5.91 Å². The summed E-state index contributed by atoms with van der Waals surface area (Å²) >= 11 is 0. The third-order valence-corrected chi connectivity index (χ3v) is 3.74. The SMILES string of the molecule is CCCC1C(=O)Nc2ccccc2N1C(=O)c1ccncc1. The Balaban J connectivity index is 2.07. The molecule has 1 atom stereocenters. The highest BCUT2D eigenvalue weighted by molar-refractivity contribution is 6.16. The Kier molecular flexibility index (Phi) is 3.87. The molecular weight excluding hydrogens is 278 g/mol. The Morgan fingerprint density at radius 2 is 1.95 bits per heavy atom. The van der Waals surface area contributed by atoms with Crippen LogP contribution in [-0.2, 0) is 4.79 Å². The number of pyridine rings is 1. The molecule has 2 amide bonds. The molecule has 2 aromatic rings. The fourth-order valence-electron chi connectivity index (χ4n) is 2.71. The molecule has 0 bridgehead atoms. The van der Waals surface area contributed by atoms with Gasteiger partial charge in [-0.2, -0.15) is 0 Å². The second-order valence-electron chi connectivity index (χ2n) is 5.22. The molecule has 1 aromatic heterocycles.